The molecule has 0 aliphatic carbocycles. The van der Waals surface area contributed by atoms with Crippen molar-refractivity contribution >= 4 is 0 Å². The minimum absolute atomic E-state index is 0.993. The fraction of sp³-hybridized carbons (Fsp3) is 1.00. The van der Waals surface area contributed by atoms with E-state index in [2.05, 4.69) is 27.7 Å². The van der Waals surface area contributed by atoms with E-state index < -0.39 is 0 Å². The fourth-order valence-electron chi connectivity index (χ4n) is 5.63. The van der Waals surface area contributed by atoms with Gasteiger partial charge in [0.15, 0.2) is 0 Å². The first-order valence-corrected chi connectivity index (χ1v) is 16.9. The van der Waals surface area contributed by atoms with Gasteiger partial charge in [0.25, 0.3) is 0 Å². The van der Waals surface area contributed by atoms with E-state index in [1.165, 1.54) is 167 Å². The van der Waals surface area contributed by atoms with Crippen molar-refractivity contribution in [3.8, 4) is 0 Å². The van der Waals surface area contributed by atoms with Crippen molar-refractivity contribution in [1.29, 1.82) is 0 Å². The SMILES string of the molecule is CCCCC(CCCC)CCCCCCCCOCCCCCCCCC(CCCC)CCCC. The lowest BCUT2D eigenvalue weighted by Crippen LogP contribution is -2.01. The van der Waals surface area contributed by atoms with Gasteiger partial charge in [-0.3, -0.25) is 0 Å². The average molecular weight is 495 g/mol. The first kappa shape index (κ1) is 35.0. The van der Waals surface area contributed by atoms with Crippen LogP contribution in [0.5, 0.6) is 0 Å². The molecule has 0 aromatic heterocycles. The van der Waals surface area contributed by atoms with Crippen molar-refractivity contribution < 1.29 is 4.74 Å². The Bertz CT molecular complexity index is 316. The lowest BCUT2D eigenvalue weighted by atomic mass is 9.90. The number of unbranched alkanes of at least 4 members (excludes halogenated alkanes) is 14. The Hall–Kier alpha value is -0.0400. The molecule has 35 heavy (non-hydrogen) atoms. The third-order valence-electron chi connectivity index (χ3n) is 8.17. The first-order chi connectivity index (χ1) is 17.3. The molecule has 0 aromatic rings. The third kappa shape index (κ3) is 26.8. The zero-order valence-electron chi connectivity index (χ0n) is 25.4. The maximum absolute atomic E-state index is 5.90. The molecule has 0 aliphatic rings. The summed E-state index contributed by atoms with van der Waals surface area (Å²) < 4.78 is 5.90. The lowest BCUT2D eigenvalue weighted by molar-refractivity contribution is 0.125. The molecule has 0 bridgehead atoms. The van der Waals surface area contributed by atoms with Crippen molar-refractivity contribution in [3.63, 3.8) is 0 Å². The number of rotatable bonds is 30. The minimum atomic E-state index is 0.993. The molecule has 0 amide bonds. The topological polar surface area (TPSA) is 9.23 Å². The Morgan fingerprint density at radius 3 is 0.886 bits per heavy atom. The van der Waals surface area contributed by atoms with E-state index >= 15 is 0 Å². The Morgan fingerprint density at radius 1 is 0.314 bits per heavy atom. The quantitative estimate of drug-likeness (QED) is 0.0902. The van der Waals surface area contributed by atoms with Crippen LogP contribution in [0.15, 0.2) is 0 Å². The van der Waals surface area contributed by atoms with Crippen molar-refractivity contribution in [2.24, 2.45) is 11.8 Å². The van der Waals surface area contributed by atoms with Gasteiger partial charge in [0, 0.05) is 13.2 Å². The van der Waals surface area contributed by atoms with E-state index in [0.29, 0.717) is 0 Å². The molecule has 0 rings (SSSR count). The number of ether oxygens (including phenoxy) is 1. The van der Waals surface area contributed by atoms with Crippen LogP contribution < -0.4 is 0 Å². The number of hydrogen-bond acceptors (Lipinski definition) is 1. The molecule has 0 spiro atoms. The predicted octanol–water partition coefficient (Wildman–Crippen LogP) is 12.5. The van der Waals surface area contributed by atoms with Crippen LogP contribution >= 0.6 is 0 Å². The van der Waals surface area contributed by atoms with Gasteiger partial charge in [0.1, 0.15) is 0 Å². The molecule has 0 aromatic carbocycles. The van der Waals surface area contributed by atoms with Crippen LogP contribution in [0.3, 0.4) is 0 Å². The summed E-state index contributed by atoms with van der Waals surface area (Å²) in [4.78, 5) is 0. The molecule has 0 saturated heterocycles. The lowest BCUT2D eigenvalue weighted by Gasteiger charge is -2.16. The van der Waals surface area contributed by atoms with Crippen LogP contribution in [-0.4, -0.2) is 13.2 Å². The molecule has 0 aliphatic heterocycles. The predicted molar refractivity (Wildman–Crippen MR) is 161 cm³/mol. The van der Waals surface area contributed by atoms with Crippen LogP contribution in [-0.2, 0) is 4.74 Å². The molecule has 1 heteroatoms. The second-order valence-electron chi connectivity index (χ2n) is 11.7. The molecule has 0 N–H and O–H groups in total. The van der Waals surface area contributed by atoms with E-state index in [1.807, 2.05) is 0 Å². The molecule has 0 saturated carbocycles. The van der Waals surface area contributed by atoms with Crippen molar-refractivity contribution in [2.75, 3.05) is 13.2 Å². The van der Waals surface area contributed by atoms with Gasteiger partial charge in [0.05, 0.1) is 0 Å². The highest BCUT2D eigenvalue weighted by atomic mass is 16.5. The monoisotopic (exact) mass is 495 g/mol. The van der Waals surface area contributed by atoms with Gasteiger partial charge in [0.2, 0.25) is 0 Å². The summed E-state index contributed by atoms with van der Waals surface area (Å²) in [5.41, 5.74) is 0. The van der Waals surface area contributed by atoms with Crippen LogP contribution in [0.1, 0.15) is 195 Å². The zero-order valence-corrected chi connectivity index (χ0v) is 25.4. The van der Waals surface area contributed by atoms with Crippen LogP contribution in [0.4, 0.5) is 0 Å². The summed E-state index contributed by atoms with van der Waals surface area (Å²) in [5, 5.41) is 0. The summed E-state index contributed by atoms with van der Waals surface area (Å²) >= 11 is 0. The van der Waals surface area contributed by atoms with E-state index in [0.717, 1.165) is 25.0 Å². The van der Waals surface area contributed by atoms with Crippen molar-refractivity contribution in [2.45, 2.75) is 195 Å². The third-order valence-corrected chi connectivity index (χ3v) is 8.17. The Labute approximate surface area is 224 Å². The van der Waals surface area contributed by atoms with Gasteiger partial charge < -0.3 is 4.74 Å². The maximum Gasteiger partial charge on any atom is 0.0466 e. The van der Waals surface area contributed by atoms with Gasteiger partial charge in [-0.1, -0.05) is 182 Å². The molecule has 0 heterocycles. The smallest absolute Gasteiger partial charge is 0.0466 e. The Kier molecular flexibility index (Phi) is 30.2. The van der Waals surface area contributed by atoms with Gasteiger partial charge >= 0.3 is 0 Å². The largest absolute Gasteiger partial charge is 0.381 e. The first-order valence-electron chi connectivity index (χ1n) is 16.9. The molecular formula is C34H70O. The summed E-state index contributed by atoms with van der Waals surface area (Å²) in [6, 6.07) is 0. The van der Waals surface area contributed by atoms with Crippen LogP contribution in [0.25, 0.3) is 0 Å². The minimum Gasteiger partial charge on any atom is -0.381 e. The second-order valence-corrected chi connectivity index (χ2v) is 11.7. The summed E-state index contributed by atoms with van der Waals surface area (Å²) in [6.07, 6.45) is 36.9. The van der Waals surface area contributed by atoms with E-state index in [-0.39, 0.29) is 0 Å². The molecule has 0 fully saturated rings. The molecule has 0 radical (unpaired) electrons. The van der Waals surface area contributed by atoms with E-state index in [4.69, 9.17) is 4.74 Å². The molecular weight excluding hydrogens is 424 g/mol. The van der Waals surface area contributed by atoms with E-state index in [1.54, 1.807) is 0 Å². The van der Waals surface area contributed by atoms with Crippen molar-refractivity contribution in [3.05, 3.63) is 0 Å². The standard InChI is InChI=1S/C34H70O/c1-5-9-25-33(26-10-6-2)29-21-17-13-15-19-23-31-35-32-24-20-16-14-18-22-30-34(27-11-7-3)28-12-8-4/h33-34H,5-32H2,1-4H3. The zero-order chi connectivity index (χ0) is 25.7. The fourth-order valence-corrected chi connectivity index (χ4v) is 5.63. The Morgan fingerprint density at radius 2 is 0.571 bits per heavy atom. The normalized spacial score (nSPS) is 11.8. The molecule has 0 unspecified atom stereocenters. The Balaban J connectivity index is 3.37. The highest BCUT2D eigenvalue weighted by molar-refractivity contribution is 4.62. The van der Waals surface area contributed by atoms with Gasteiger partial charge in [-0.15, -0.1) is 0 Å². The second kappa shape index (κ2) is 30.2. The molecule has 1 nitrogen and oxygen atoms in total. The number of hydrogen-bond donors (Lipinski definition) is 0. The summed E-state index contributed by atoms with van der Waals surface area (Å²) in [6.45, 7) is 11.3. The molecule has 0 atom stereocenters. The molecule has 212 valence electrons. The van der Waals surface area contributed by atoms with Crippen LogP contribution in [0, 0.1) is 11.8 Å². The highest BCUT2D eigenvalue weighted by Gasteiger charge is 2.08. The summed E-state index contributed by atoms with van der Waals surface area (Å²) in [7, 11) is 0. The van der Waals surface area contributed by atoms with E-state index in [9.17, 15) is 0 Å². The van der Waals surface area contributed by atoms with Gasteiger partial charge in [-0.05, 0) is 24.7 Å². The maximum atomic E-state index is 5.90. The van der Waals surface area contributed by atoms with Gasteiger partial charge in [-0.25, -0.2) is 0 Å². The average Bonchev–Trinajstić information content (AvgIpc) is 2.87. The summed E-state index contributed by atoms with van der Waals surface area (Å²) in [5.74, 6) is 2.03. The highest BCUT2D eigenvalue weighted by Crippen LogP contribution is 2.24. The van der Waals surface area contributed by atoms with Gasteiger partial charge in [-0.2, -0.15) is 0 Å². The van der Waals surface area contributed by atoms with Crippen LogP contribution in [0.2, 0.25) is 0 Å². The van der Waals surface area contributed by atoms with Crippen molar-refractivity contribution in [1.82, 2.24) is 0 Å².